The molecule has 0 aromatic rings. The molecule has 88 valence electrons. The molecule has 15 heavy (non-hydrogen) atoms. The van der Waals surface area contributed by atoms with E-state index < -0.39 is 5.97 Å². The average Bonchev–Trinajstić information content (AvgIpc) is 2.39. The minimum Gasteiger partial charge on any atom is -0.481 e. The number of hydrogen-bond donors (Lipinski definition) is 2. The molecule has 0 amide bonds. The van der Waals surface area contributed by atoms with Crippen molar-refractivity contribution in [3.8, 4) is 0 Å². The first-order chi connectivity index (χ1) is 7.11. The third-order valence-electron chi connectivity index (χ3n) is 3.19. The largest absolute Gasteiger partial charge is 0.481 e. The molecule has 2 unspecified atom stereocenters. The second-order valence-corrected chi connectivity index (χ2v) is 4.40. The molecule has 0 aliphatic heterocycles. The van der Waals surface area contributed by atoms with Crippen LogP contribution < -0.4 is 0 Å². The van der Waals surface area contributed by atoms with Crippen molar-refractivity contribution in [3.63, 3.8) is 0 Å². The first kappa shape index (κ1) is 12.5. The van der Waals surface area contributed by atoms with Crippen LogP contribution in [0.15, 0.2) is 0 Å². The Balaban J connectivity index is 2.40. The van der Waals surface area contributed by atoms with E-state index in [0.29, 0.717) is 6.54 Å². The Labute approximate surface area is 90.9 Å². The number of carboxylic acid groups (broad SMARTS) is 1. The van der Waals surface area contributed by atoms with Crippen molar-refractivity contribution in [2.24, 2.45) is 0 Å². The summed E-state index contributed by atoms with van der Waals surface area (Å²) in [5.74, 6) is -0.773. The van der Waals surface area contributed by atoms with Gasteiger partial charge in [-0.15, -0.1) is 0 Å². The molecular formula is C11H21NO3. The van der Waals surface area contributed by atoms with Gasteiger partial charge < -0.3 is 15.1 Å². The van der Waals surface area contributed by atoms with E-state index in [0.717, 1.165) is 25.7 Å². The van der Waals surface area contributed by atoms with Gasteiger partial charge >= 0.3 is 5.97 Å². The van der Waals surface area contributed by atoms with Crippen molar-refractivity contribution < 1.29 is 15.0 Å². The number of rotatable bonds is 4. The second-order valence-electron chi connectivity index (χ2n) is 4.40. The number of likely N-dealkylation sites (N-methyl/N-ethyl adjacent to an activating group) is 1. The first-order valence-corrected chi connectivity index (χ1v) is 5.71. The Morgan fingerprint density at radius 3 is 2.67 bits per heavy atom. The third-order valence-corrected chi connectivity index (χ3v) is 3.19. The van der Waals surface area contributed by atoms with E-state index in [1.807, 2.05) is 11.9 Å². The maximum atomic E-state index is 10.4. The van der Waals surface area contributed by atoms with Crippen molar-refractivity contribution in [3.05, 3.63) is 0 Å². The molecule has 4 nitrogen and oxygen atoms in total. The van der Waals surface area contributed by atoms with Gasteiger partial charge in [-0.25, -0.2) is 0 Å². The summed E-state index contributed by atoms with van der Waals surface area (Å²) in [4.78, 5) is 12.4. The van der Waals surface area contributed by atoms with Crippen LogP contribution in [0.1, 0.15) is 38.5 Å². The molecule has 2 atom stereocenters. The van der Waals surface area contributed by atoms with E-state index in [9.17, 15) is 9.90 Å². The Morgan fingerprint density at radius 2 is 2.00 bits per heavy atom. The number of carbonyl (C=O) groups is 1. The highest BCUT2D eigenvalue weighted by Gasteiger charge is 2.25. The summed E-state index contributed by atoms with van der Waals surface area (Å²) in [5.41, 5.74) is 0. The lowest BCUT2D eigenvalue weighted by Crippen LogP contribution is -2.41. The summed E-state index contributed by atoms with van der Waals surface area (Å²) in [5, 5.41) is 18.5. The molecular weight excluding hydrogens is 194 g/mol. The van der Waals surface area contributed by atoms with E-state index in [1.165, 1.54) is 6.42 Å². The lowest BCUT2D eigenvalue weighted by Gasteiger charge is -2.30. The fourth-order valence-electron chi connectivity index (χ4n) is 2.22. The maximum absolute atomic E-state index is 10.4. The molecule has 0 aromatic heterocycles. The fraction of sp³-hybridized carbons (Fsp3) is 0.909. The maximum Gasteiger partial charge on any atom is 0.304 e. The molecule has 0 saturated heterocycles. The highest BCUT2D eigenvalue weighted by Crippen LogP contribution is 2.21. The molecule has 0 bridgehead atoms. The average molecular weight is 215 g/mol. The van der Waals surface area contributed by atoms with Crippen LogP contribution in [0, 0.1) is 0 Å². The molecule has 1 aliphatic rings. The van der Waals surface area contributed by atoms with Gasteiger partial charge in [0, 0.05) is 12.6 Å². The molecule has 1 rings (SSSR count). The second kappa shape index (κ2) is 6.08. The summed E-state index contributed by atoms with van der Waals surface area (Å²) in [6.07, 6.45) is 5.11. The molecule has 1 saturated carbocycles. The van der Waals surface area contributed by atoms with Gasteiger partial charge in [0.05, 0.1) is 12.5 Å². The van der Waals surface area contributed by atoms with E-state index in [4.69, 9.17) is 5.11 Å². The predicted octanol–water partition coefficient (Wildman–Crippen LogP) is 1.09. The minimum absolute atomic E-state index is 0.145. The summed E-state index contributed by atoms with van der Waals surface area (Å²) in [6.45, 7) is 0.525. The van der Waals surface area contributed by atoms with Gasteiger partial charge in [0.25, 0.3) is 0 Å². The Bertz CT molecular complexity index is 208. The molecule has 2 N–H and O–H groups in total. The van der Waals surface area contributed by atoms with E-state index in [2.05, 4.69) is 0 Å². The van der Waals surface area contributed by atoms with Crippen LogP contribution in [0.25, 0.3) is 0 Å². The molecule has 0 radical (unpaired) electrons. The lowest BCUT2D eigenvalue weighted by molar-refractivity contribution is -0.137. The van der Waals surface area contributed by atoms with Crippen LogP contribution in [0.5, 0.6) is 0 Å². The van der Waals surface area contributed by atoms with Crippen LogP contribution in [-0.4, -0.2) is 46.8 Å². The number of aliphatic carboxylic acids is 1. The highest BCUT2D eigenvalue weighted by molar-refractivity contribution is 5.66. The lowest BCUT2D eigenvalue weighted by atomic mass is 10.0. The van der Waals surface area contributed by atoms with Crippen molar-refractivity contribution in [1.82, 2.24) is 4.90 Å². The zero-order valence-electron chi connectivity index (χ0n) is 9.35. The number of carboxylic acids is 1. The van der Waals surface area contributed by atoms with Gasteiger partial charge in [-0.1, -0.05) is 19.3 Å². The fourth-order valence-corrected chi connectivity index (χ4v) is 2.22. The van der Waals surface area contributed by atoms with Crippen LogP contribution >= 0.6 is 0 Å². The summed E-state index contributed by atoms with van der Waals surface area (Å²) >= 11 is 0. The summed E-state index contributed by atoms with van der Waals surface area (Å²) < 4.78 is 0. The van der Waals surface area contributed by atoms with Crippen LogP contribution in [0.4, 0.5) is 0 Å². The molecule has 1 fully saturated rings. The monoisotopic (exact) mass is 215 g/mol. The van der Waals surface area contributed by atoms with Gasteiger partial charge in [-0.2, -0.15) is 0 Å². The highest BCUT2D eigenvalue weighted by atomic mass is 16.4. The van der Waals surface area contributed by atoms with Crippen molar-refractivity contribution in [2.45, 2.75) is 50.7 Å². The van der Waals surface area contributed by atoms with Crippen molar-refractivity contribution >= 4 is 5.97 Å². The normalized spacial score (nSPS) is 27.7. The quantitative estimate of drug-likeness (QED) is 0.689. The van der Waals surface area contributed by atoms with Crippen molar-refractivity contribution in [1.29, 1.82) is 0 Å². The van der Waals surface area contributed by atoms with E-state index in [-0.39, 0.29) is 18.6 Å². The van der Waals surface area contributed by atoms with Gasteiger partial charge in [-0.05, 0) is 19.9 Å². The first-order valence-electron chi connectivity index (χ1n) is 5.71. The Morgan fingerprint density at radius 1 is 1.33 bits per heavy atom. The smallest absolute Gasteiger partial charge is 0.304 e. The third kappa shape index (κ3) is 4.18. The molecule has 0 spiro atoms. The van der Waals surface area contributed by atoms with Gasteiger partial charge in [-0.3, -0.25) is 4.79 Å². The number of aliphatic hydroxyl groups is 1. The SMILES string of the molecule is CN(CCC(=O)O)C1CCCCCC1O. The predicted molar refractivity (Wildman–Crippen MR) is 57.8 cm³/mol. The van der Waals surface area contributed by atoms with Crippen LogP contribution in [0.3, 0.4) is 0 Å². The van der Waals surface area contributed by atoms with Crippen molar-refractivity contribution in [2.75, 3.05) is 13.6 Å². The standard InChI is InChI=1S/C11H21NO3/c1-12(8-7-11(14)15)9-5-3-2-4-6-10(9)13/h9-10,13H,2-8H2,1H3,(H,14,15). The number of hydrogen-bond acceptors (Lipinski definition) is 3. The topological polar surface area (TPSA) is 60.8 Å². The van der Waals surface area contributed by atoms with Gasteiger partial charge in [0.1, 0.15) is 0 Å². The van der Waals surface area contributed by atoms with Gasteiger partial charge in [0.15, 0.2) is 0 Å². The Kier molecular flexibility index (Phi) is 5.05. The minimum atomic E-state index is -0.773. The van der Waals surface area contributed by atoms with E-state index in [1.54, 1.807) is 0 Å². The number of nitrogens with zero attached hydrogens (tertiary/aromatic N) is 1. The zero-order valence-corrected chi connectivity index (χ0v) is 9.35. The summed E-state index contributed by atoms with van der Waals surface area (Å²) in [6, 6.07) is 0.145. The zero-order chi connectivity index (χ0) is 11.3. The molecule has 1 aliphatic carbocycles. The van der Waals surface area contributed by atoms with Crippen LogP contribution in [0.2, 0.25) is 0 Å². The van der Waals surface area contributed by atoms with E-state index >= 15 is 0 Å². The molecule has 0 heterocycles. The van der Waals surface area contributed by atoms with Gasteiger partial charge in [0.2, 0.25) is 0 Å². The molecule has 0 aromatic carbocycles. The van der Waals surface area contributed by atoms with Crippen LogP contribution in [-0.2, 0) is 4.79 Å². The molecule has 4 heteroatoms. The summed E-state index contributed by atoms with van der Waals surface area (Å²) in [7, 11) is 1.90. The number of aliphatic hydroxyl groups excluding tert-OH is 1. The Hall–Kier alpha value is -0.610.